The van der Waals surface area contributed by atoms with E-state index in [-0.39, 0.29) is 5.91 Å². The number of likely N-dealkylation sites (N-methyl/N-ethyl adjacent to an activating group) is 1. The molecule has 1 rings (SSSR count). The van der Waals surface area contributed by atoms with E-state index in [4.69, 9.17) is 0 Å². The van der Waals surface area contributed by atoms with Crippen molar-refractivity contribution in [2.75, 3.05) is 13.6 Å². The molecule has 0 aliphatic rings. The summed E-state index contributed by atoms with van der Waals surface area (Å²) in [6.45, 7) is 5.06. The predicted molar refractivity (Wildman–Crippen MR) is 90.3 cm³/mol. The number of hydrogen-bond donors (Lipinski definition) is 0. The molecular weight excluding hydrogens is 258 g/mol. The van der Waals surface area contributed by atoms with E-state index in [9.17, 15) is 4.79 Å². The van der Waals surface area contributed by atoms with Gasteiger partial charge in [0.05, 0.1) is 0 Å². The van der Waals surface area contributed by atoms with E-state index in [2.05, 4.69) is 32.1 Å². The maximum absolute atomic E-state index is 12.5. The van der Waals surface area contributed by atoms with Crippen LogP contribution >= 0.6 is 0 Å². The summed E-state index contributed by atoms with van der Waals surface area (Å²) in [6, 6.07) is 10.3. The molecule has 0 N–H and O–H groups in total. The maximum atomic E-state index is 12.5. The molecule has 1 amide bonds. The van der Waals surface area contributed by atoms with E-state index in [0.29, 0.717) is 0 Å². The van der Waals surface area contributed by atoms with Crippen LogP contribution in [0.15, 0.2) is 42.0 Å². The molecule has 21 heavy (non-hydrogen) atoms. The van der Waals surface area contributed by atoms with Crippen molar-refractivity contribution in [2.24, 2.45) is 0 Å². The summed E-state index contributed by atoms with van der Waals surface area (Å²) in [4.78, 5) is 14.4. The number of nitrogens with zero attached hydrogens (tertiary/aromatic N) is 1. The van der Waals surface area contributed by atoms with Gasteiger partial charge >= 0.3 is 0 Å². The Labute approximate surface area is 129 Å². The second-order valence-electron chi connectivity index (χ2n) is 5.56. The normalized spacial score (nSPS) is 11.5. The first-order valence-electron chi connectivity index (χ1n) is 8.17. The van der Waals surface area contributed by atoms with Gasteiger partial charge < -0.3 is 4.90 Å². The van der Waals surface area contributed by atoms with E-state index < -0.39 is 0 Å². The molecule has 0 fully saturated rings. The van der Waals surface area contributed by atoms with Crippen LogP contribution in [-0.4, -0.2) is 24.4 Å². The zero-order valence-electron chi connectivity index (χ0n) is 13.8. The predicted octanol–water partition coefficient (Wildman–Crippen LogP) is 4.60. The summed E-state index contributed by atoms with van der Waals surface area (Å²) in [7, 11) is 1.91. The molecule has 0 saturated heterocycles. The fourth-order valence-electron chi connectivity index (χ4n) is 2.40. The Morgan fingerprint density at radius 3 is 2.48 bits per heavy atom. The van der Waals surface area contributed by atoms with Gasteiger partial charge in [-0.15, -0.1) is 0 Å². The summed E-state index contributed by atoms with van der Waals surface area (Å²) in [6.07, 6.45) is 8.35. The lowest BCUT2D eigenvalue weighted by Crippen LogP contribution is -2.30. The van der Waals surface area contributed by atoms with E-state index >= 15 is 0 Å². The standard InChI is InChI=1S/C19H29NO/c1-4-6-8-14-18(11-5-2)19(21)20(3)16-15-17-12-9-7-10-13-17/h7,9-13H,4-6,8,14-16H2,1-3H3/b18-11-. The second-order valence-corrected chi connectivity index (χ2v) is 5.56. The zero-order valence-corrected chi connectivity index (χ0v) is 13.8. The van der Waals surface area contributed by atoms with Gasteiger partial charge in [0.25, 0.3) is 0 Å². The van der Waals surface area contributed by atoms with Crippen LogP contribution in [0, 0.1) is 0 Å². The van der Waals surface area contributed by atoms with Gasteiger partial charge in [0.15, 0.2) is 0 Å². The number of benzene rings is 1. The minimum atomic E-state index is 0.198. The van der Waals surface area contributed by atoms with Crippen molar-refractivity contribution < 1.29 is 4.79 Å². The lowest BCUT2D eigenvalue weighted by molar-refractivity contribution is -0.126. The van der Waals surface area contributed by atoms with Crippen molar-refractivity contribution in [3.63, 3.8) is 0 Å². The summed E-state index contributed by atoms with van der Waals surface area (Å²) in [5.41, 5.74) is 2.27. The number of allylic oxidation sites excluding steroid dienone is 1. The first kappa shape index (κ1) is 17.5. The highest BCUT2D eigenvalue weighted by Gasteiger charge is 2.13. The van der Waals surface area contributed by atoms with E-state index in [1.807, 2.05) is 30.1 Å². The Morgan fingerprint density at radius 2 is 1.86 bits per heavy atom. The van der Waals surface area contributed by atoms with Crippen LogP contribution < -0.4 is 0 Å². The molecular formula is C19H29NO. The first-order chi connectivity index (χ1) is 10.2. The monoisotopic (exact) mass is 287 g/mol. The molecule has 0 heterocycles. The molecule has 0 atom stereocenters. The summed E-state index contributed by atoms with van der Waals surface area (Å²) in [5.74, 6) is 0.198. The Hall–Kier alpha value is -1.57. The molecule has 0 radical (unpaired) electrons. The number of unbranched alkanes of at least 4 members (excludes halogenated alkanes) is 2. The van der Waals surface area contributed by atoms with Crippen molar-refractivity contribution in [3.05, 3.63) is 47.5 Å². The number of amides is 1. The Balaban J connectivity index is 2.51. The van der Waals surface area contributed by atoms with Crippen molar-refractivity contribution in [1.82, 2.24) is 4.90 Å². The van der Waals surface area contributed by atoms with Crippen molar-refractivity contribution in [2.45, 2.75) is 52.4 Å². The largest absolute Gasteiger partial charge is 0.342 e. The van der Waals surface area contributed by atoms with Gasteiger partial charge in [-0.25, -0.2) is 0 Å². The minimum Gasteiger partial charge on any atom is -0.342 e. The quantitative estimate of drug-likeness (QED) is 0.480. The molecule has 0 aliphatic heterocycles. The van der Waals surface area contributed by atoms with Crippen LogP contribution in [0.1, 0.15) is 51.5 Å². The minimum absolute atomic E-state index is 0.198. The molecule has 0 bridgehead atoms. The number of hydrogen-bond acceptors (Lipinski definition) is 1. The average Bonchev–Trinajstić information content (AvgIpc) is 2.52. The van der Waals surface area contributed by atoms with Crippen LogP contribution in [0.2, 0.25) is 0 Å². The lowest BCUT2D eigenvalue weighted by Gasteiger charge is -2.19. The Kier molecular flexibility index (Phi) is 8.49. The first-order valence-corrected chi connectivity index (χ1v) is 8.17. The highest BCUT2D eigenvalue weighted by molar-refractivity contribution is 5.93. The molecule has 116 valence electrons. The maximum Gasteiger partial charge on any atom is 0.249 e. The van der Waals surface area contributed by atoms with Gasteiger partial charge in [-0.1, -0.05) is 63.1 Å². The number of carbonyl (C=O) groups is 1. The fraction of sp³-hybridized carbons (Fsp3) is 0.526. The van der Waals surface area contributed by atoms with Gasteiger partial charge in [0, 0.05) is 19.2 Å². The second kappa shape index (κ2) is 10.2. The van der Waals surface area contributed by atoms with Crippen LogP contribution in [0.5, 0.6) is 0 Å². The molecule has 0 saturated carbocycles. The molecule has 2 nitrogen and oxygen atoms in total. The van der Waals surface area contributed by atoms with Gasteiger partial charge in [-0.2, -0.15) is 0 Å². The number of rotatable bonds is 9. The summed E-state index contributed by atoms with van der Waals surface area (Å²) < 4.78 is 0. The summed E-state index contributed by atoms with van der Waals surface area (Å²) in [5, 5.41) is 0. The average molecular weight is 287 g/mol. The van der Waals surface area contributed by atoms with Crippen molar-refractivity contribution in [3.8, 4) is 0 Å². The van der Waals surface area contributed by atoms with Gasteiger partial charge in [0.2, 0.25) is 5.91 Å². The molecule has 0 aromatic heterocycles. The van der Waals surface area contributed by atoms with Gasteiger partial charge in [-0.05, 0) is 31.2 Å². The smallest absolute Gasteiger partial charge is 0.249 e. The van der Waals surface area contributed by atoms with Crippen molar-refractivity contribution in [1.29, 1.82) is 0 Å². The molecule has 1 aromatic carbocycles. The van der Waals surface area contributed by atoms with E-state index in [0.717, 1.165) is 37.8 Å². The van der Waals surface area contributed by atoms with Gasteiger partial charge in [-0.3, -0.25) is 4.79 Å². The Bertz CT molecular complexity index is 436. The summed E-state index contributed by atoms with van der Waals surface area (Å²) >= 11 is 0. The van der Waals surface area contributed by atoms with Crippen LogP contribution in [-0.2, 0) is 11.2 Å². The van der Waals surface area contributed by atoms with E-state index in [1.165, 1.54) is 18.4 Å². The third-order valence-electron chi connectivity index (χ3n) is 3.70. The highest BCUT2D eigenvalue weighted by Crippen LogP contribution is 2.13. The fourth-order valence-corrected chi connectivity index (χ4v) is 2.40. The third-order valence-corrected chi connectivity index (χ3v) is 3.70. The Morgan fingerprint density at radius 1 is 1.14 bits per heavy atom. The third kappa shape index (κ3) is 6.61. The van der Waals surface area contributed by atoms with Crippen LogP contribution in [0.4, 0.5) is 0 Å². The molecule has 0 unspecified atom stereocenters. The van der Waals surface area contributed by atoms with Crippen LogP contribution in [0.3, 0.4) is 0 Å². The zero-order chi connectivity index (χ0) is 15.5. The SMILES string of the molecule is CC/C=C(/CCCCC)C(=O)N(C)CCc1ccccc1. The molecule has 0 aliphatic carbocycles. The van der Waals surface area contributed by atoms with Crippen molar-refractivity contribution >= 4 is 5.91 Å². The topological polar surface area (TPSA) is 20.3 Å². The molecule has 2 heteroatoms. The molecule has 1 aromatic rings. The van der Waals surface area contributed by atoms with E-state index in [1.54, 1.807) is 0 Å². The number of carbonyl (C=O) groups excluding carboxylic acids is 1. The van der Waals surface area contributed by atoms with Gasteiger partial charge in [0.1, 0.15) is 0 Å². The highest BCUT2D eigenvalue weighted by atomic mass is 16.2. The lowest BCUT2D eigenvalue weighted by atomic mass is 10.0. The molecule has 0 spiro atoms. The van der Waals surface area contributed by atoms with Crippen LogP contribution in [0.25, 0.3) is 0 Å².